The fourth-order valence-corrected chi connectivity index (χ4v) is 3.45. The molecule has 9 heteroatoms. The van der Waals surface area contributed by atoms with Gasteiger partial charge < -0.3 is 19.1 Å². The van der Waals surface area contributed by atoms with Crippen LogP contribution in [0, 0.1) is 6.92 Å². The van der Waals surface area contributed by atoms with Crippen LogP contribution in [-0.2, 0) is 4.79 Å². The van der Waals surface area contributed by atoms with Crippen LogP contribution in [0.5, 0.6) is 11.5 Å². The van der Waals surface area contributed by atoms with E-state index in [2.05, 4.69) is 10.1 Å². The summed E-state index contributed by atoms with van der Waals surface area (Å²) in [5.74, 6) is -0.411. The summed E-state index contributed by atoms with van der Waals surface area (Å²) in [4.78, 5) is 28.7. The average Bonchev–Trinajstić information content (AvgIpc) is 3.16. The number of halogens is 1. The van der Waals surface area contributed by atoms with E-state index in [4.69, 9.17) is 25.6 Å². The maximum Gasteiger partial charge on any atom is 0.228 e. The number of carbonyl (C=O) groups is 2. The van der Waals surface area contributed by atoms with Crippen molar-refractivity contribution in [3.63, 3.8) is 0 Å². The molecule has 0 fully saturated rings. The molecule has 2 aromatic rings. The highest BCUT2D eigenvalue weighted by atomic mass is 35.5. The van der Waals surface area contributed by atoms with E-state index < -0.39 is 17.1 Å². The Morgan fingerprint density at radius 1 is 1.38 bits per heavy atom. The SMILES string of the molecule is COc1cc(-c2noc(C)n2)c(Cl)c2c1C(=O)[C@@]1(CCC(=O)C=C1O)O2. The number of rotatable bonds is 2. The standard InChI is InChI=1S/C17H13ClN2O6/c1-7-19-16(20-26-7)9-6-10(24-2)12-14(13(9)18)25-17(15(12)23)4-3-8(21)5-11(17)22/h5-6,22H,3-4H2,1-2H3/t17-/m0/s1. The molecule has 2 heterocycles. The van der Waals surface area contributed by atoms with E-state index in [1.165, 1.54) is 13.2 Å². The van der Waals surface area contributed by atoms with E-state index in [1.807, 2.05) is 0 Å². The summed E-state index contributed by atoms with van der Waals surface area (Å²) in [5, 5.41) is 14.2. The quantitative estimate of drug-likeness (QED) is 0.851. The van der Waals surface area contributed by atoms with E-state index in [0.717, 1.165) is 6.08 Å². The van der Waals surface area contributed by atoms with E-state index >= 15 is 0 Å². The van der Waals surface area contributed by atoms with Crippen molar-refractivity contribution < 1.29 is 28.7 Å². The first-order valence-corrected chi connectivity index (χ1v) is 8.14. The Morgan fingerprint density at radius 3 is 2.77 bits per heavy atom. The third-order valence-corrected chi connectivity index (χ3v) is 4.85. The molecule has 1 N–H and O–H groups in total. The molecular formula is C17H13ClN2O6. The lowest BCUT2D eigenvalue weighted by Crippen LogP contribution is -2.45. The maximum absolute atomic E-state index is 13.0. The molecule has 0 unspecified atom stereocenters. The topological polar surface area (TPSA) is 112 Å². The lowest BCUT2D eigenvalue weighted by atomic mass is 9.83. The molecule has 26 heavy (non-hydrogen) atoms. The number of ether oxygens (including phenoxy) is 2. The molecule has 1 aromatic heterocycles. The molecule has 0 saturated carbocycles. The van der Waals surface area contributed by atoms with Crippen molar-refractivity contribution in [2.75, 3.05) is 7.11 Å². The van der Waals surface area contributed by atoms with Crippen molar-refractivity contribution in [1.29, 1.82) is 0 Å². The zero-order valence-corrected chi connectivity index (χ0v) is 14.6. The average molecular weight is 377 g/mol. The van der Waals surface area contributed by atoms with Gasteiger partial charge in [-0.15, -0.1) is 0 Å². The van der Waals surface area contributed by atoms with Crippen molar-refractivity contribution in [2.24, 2.45) is 0 Å². The number of carbonyl (C=O) groups excluding carboxylic acids is 2. The Bertz CT molecular complexity index is 995. The Balaban J connectivity index is 1.92. The molecule has 1 aromatic carbocycles. The van der Waals surface area contributed by atoms with Crippen LogP contribution in [0.1, 0.15) is 29.1 Å². The fourth-order valence-electron chi connectivity index (χ4n) is 3.18. The number of aryl methyl sites for hydroxylation is 1. The summed E-state index contributed by atoms with van der Waals surface area (Å²) in [7, 11) is 1.40. The number of benzene rings is 1. The number of Topliss-reactive ketones (excluding diaryl/α,β-unsaturated/α-hetero) is 1. The van der Waals surface area contributed by atoms with Crippen LogP contribution >= 0.6 is 11.6 Å². The highest BCUT2D eigenvalue weighted by Crippen LogP contribution is 2.52. The molecule has 0 bridgehead atoms. The summed E-state index contributed by atoms with van der Waals surface area (Å²) < 4.78 is 16.1. The van der Waals surface area contributed by atoms with Crippen LogP contribution in [0.2, 0.25) is 5.02 Å². The lowest BCUT2D eigenvalue weighted by Gasteiger charge is -2.28. The molecule has 1 aliphatic carbocycles. The lowest BCUT2D eigenvalue weighted by molar-refractivity contribution is -0.116. The van der Waals surface area contributed by atoms with E-state index in [-0.39, 0.29) is 46.5 Å². The van der Waals surface area contributed by atoms with Crippen molar-refractivity contribution in [3.05, 3.63) is 34.4 Å². The van der Waals surface area contributed by atoms with Gasteiger partial charge in [0.2, 0.25) is 23.1 Å². The summed E-state index contributed by atoms with van der Waals surface area (Å²) in [6.45, 7) is 1.63. The first kappa shape index (κ1) is 16.6. The van der Waals surface area contributed by atoms with Gasteiger partial charge in [0.25, 0.3) is 0 Å². The van der Waals surface area contributed by atoms with Gasteiger partial charge in [-0.2, -0.15) is 4.98 Å². The summed E-state index contributed by atoms with van der Waals surface area (Å²) in [6.07, 6.45) is 1.09. The van der Waals surface area contributed by atoms with Gasteiger partial charge in [0.05, 0.1) is 12.1 Å². The Labute approximate surface area is 152 Å². The number of ketones is 2. The predicted octanol–water partition coefficient (Wildman–Crippen LogP) is 2.83. The van der Waals surface area contributed by atoms with Gasteiger partial charge in [-0.3, -0.25) is 9.59 Å². The molecule has 0 radical (unpaired) electrons. The first-order valence-electron chi connectivity index (χ1n) is 7.76. The summed E-state index contributed by atoms with van der Waals surface area (Å²) in [6, 6.07) is 1.51. The highest BCUT2D eigenvalue weighted by molar-refractivity contribution is 6.36. The maximum atomic E-state index is 13.0. The monoisotopic (exact) mass is 376 g/mol. The van der Waals surface area contributed by atoms with Crippen molar-refractivity contribution in [3.8, 4) is 22.9 Å². The van der Waals surface area contributed by atoms with Gasteiger partial charge in [-0.1, -0.05) is 16.8 Å². The van der Waals surface area contributed by atoms with Crippen LogP contribution in [0.15, 0.2) is 22.4 Å². The number of fused-ring (bicyclic) bond motifs is 1. The number of methoxy groups -OCH3 is 1. The highest BCUT2D eigenvalue weighted by Gasteiger charge is 2.55. The van der Waals surface area contributed by atoms with Crippen LogP contribution in [0.25, 0.3) is 11.4 Å². The minimum Gasteiger partial charge on any atom is -0.507 e. The van der Waals surface area contributed by atoms with Gasteiger partial charge in [-0.25, -0.2) is 0 Å². The predicted molar refractivity (Wildman–Crippen MR) is 88.7 cm³/mol. The first-order chi connectivity index (χ1) is 12.4. The Morgan fingerprint density at radius 2 is 2.15 bits per heavy atom. The zero-order chi connectivity index (χ0) is 18.6. The van der Waals surface area contributed by atoms with E-state index in [9.17, 15) is 14.7 Å². The molecule has 4 rings (SSSR count). The van der Waals surface area contributed by atoms with Crippen LogP contribution in [0.4, 0.5) is 0 Å². The molecule has 134 valence electrons. The van der Waals surface area contributed by atoms with Crippen molar-refractivity contribution in [2.45, 2.75) is 25.4 Å². The van der Waals surface area contributed by atoms with Crippen LogP contribution in [0.3, 0.4) is 0 Å². The minimum absolute atomic E-state index is 0.0117. The van der Waals surface area contributed by atoms with Crippen molar-refractivity contribution in [1.82, 2.24) is 10.1 Å². The fraction of sp³-hybridized carbons (Fsp3) is 0.294. The summed E-state index contributed by atoms with van der Waals surface area (Å²) >= 11 is 6.45. The molecule has 0 saturated heterocycles. The van der Waals surface area contributed by atoms with Gasteiger partial charge in [-0.05, 0) is 6.07 Å². The third kappa shape index (κ3) is 2.15. The molecule has 8 nitrogen and oxygen atoms in total. The zero-order valence-electron chi connectivity index (χ0n) is 13.8. The van der Waals surface area contributed by atoms with Gasteiger partial charge in [0, 0.05) is 31.4 Å². The summed E-state index contributed by atoms with van der Waals surface area (Å²) in [5.41, 5.74) is -1.20. The van der Waals surface area contributed by atoms with Gasteiger partial charge in [0.1, 0.15) is 17.1 Å². The van der Waals surface area contributed by atoms with E-state index in [0.29, 0.717) is 11.5 Å². The number of aromatic nitrogens is 2. The number of aliphatic hydroxyl groups excluding tert-OH is 1. The molecule has 1 atom stereocenters. The van der Waals surface area contributed by atoms with Gasteiger partial charge in [0.15, 0.2) is 11.5 Å². The number of hydrogen-bond acceptors (Lipinski definition) is 8. The molecular weight excluding hydrogens is 364 g/mol. The molecule has 0 amide bonds. The normalized spacial score (nSPS) is 21.6. The Hall–Kier alpha value is -2.87. The number of nitrogens with zero attached hydrogens (tertiary/aromatic N) is 2. The van der Waals surface area contributed by atoms with E-state index in [1.54, 1.807) is 6.92 Å². The molecule has 1 spiro atoms. The minimum atomic E-state index is -1.67. The van der Waals surface area contributed by atoms with Crippen LogP contribution in [-0.4, -0.2) is 39.5 Å². The van der Waals surface area contributed by atoms with Crippen LogP contribution < -0.4 is 9.47 Å². The van der Waals surface area contributed by atoms with Gasteiger partial charge >= 0.3 is 0 Å². The molecule has 2 aliphatic rings. The number of allylic oxidation sites excluding steroid dienone is 1. The second kappa shape index (κ2) is 5.57. The second-order valence-electron chi connectivity index (χ2n) is 6.04. The second-order valence-corrected chi connectivity index (χ2v) is 6.41. The van der Waals surface area contributed by atoms with Crippen molar-refractivity contribution >= 4 is 23.2 Å². The smallest absolute Gasteiger partial charge is 0.228 e. The number of aliphatic hydroxyl groups is 1. The third-order valence-electron chi connectivity index (χ3n) is 4.48. The largest absolute Gasteiger partial charge is 0.507 e. The molecule has 1 aliphatic heterocycles. The number of hydrogen-bond donors (Lipinski definition) is 1. The Kier molecular flexibility index (Phi) is 3.55.